The molecule has 0 spiro atoms. The third kappa shape index (κ3) is 3.38. The highest BCUT2D eigenvalue weighted by molar-refractivity contribution is 5.92. The Morgan fingerprint density at radius 1 is 1.35 bits per heavy atom. The quantitative estimate of drug-likeness (QED) is 0.871. The van der Waals surface area contributed by atoms with Crippen molar-refractivity contribution in [2.24, 2.45) is 13.0 Å². The Morgan fingerprint density at radius 2 is 2.09 bits per heavy atom. The highest BCUT2D eigenvalue weighted by atomic mass is 16.5. The Morgan fingerprint density at radius 3 is 2.70 bits per heavy atom. The molecule has 5 nitrogen and oxygen atoms in total. The number of ether oxygens (including phenoxy) is 1. The molecule has 1 aromatic carbocycles. The van der Waals surface area contributed by atoms with Crippen LogP contribution in [0.3, 0.4) is 0 Å². The number of carbonyl (C=O) groups is 1. The van der Waals surface area contributed by atoms with Crippen LogP contribution in [0.4, 0.5) is 0 Å². The van der Waals surface area contributed by atoms with E-state index in [1.165, 1.54) is 5.56 Å². The molecule has 1 saturated heterocycles. The lowest BCUT2D eigenvalue weighted by Crippen LogP contribution is -2.29. The van der Waals surface area contributed by atoms with Crippen LogP contribution >= 0.6 is 0 Å². The number of aromatic nitrogens is 2. The minimum Gasteiger partial charge on any atom is -0.497 e. The minimum absolute atomic E-state index is 0.0472. The summed E-state index contributed by atoms with van der Waals surface area (Å²) in [5.74, 6) is 1.44. The van der Waals surface area contributed by atoms with Crippen LogP contribution in [-0.2, 0) is 13.5 Å². The normalized spacial score (nSPS) is 17.5. The van der Waals surface area contributed by atoms with Gasteiger partial charge in [0.1, 0.15) is 5.75 Å². The van der Waals surface area contributed by atoms with E-state index in [2.05, 4.69) is 17.2 Å². The van der Waals surface area contributed by atoms with Crippen LogP contribution in [0.15, 0.2) is 30.3 Å². The van der Waals surface area contributed by atoms with Crippen LogP contribution in [0.1, 0.15) is 28.2 Å². The Bertz CT molecular complexity index is 671. The number of amides is 1. The molecule has 0 saturated carbocycles. The lowest BCUT2D eigenvalue weighted by molar-refractivity contribution is 0.0780. The van der Waals surface area contributed by atoms with Gasteiger partial charge in [0.2, 0.25) is 0 Å². The second-order valence-corrected chi connectivity index (χ2v) is 6.25. The summed E-state index contributed by atoms with van der Waals surface area (Å²) in [4.78, 5) is 14.5. The predicted octanol–water partition coefficient (Wildman–Crippen LogP) is 2.44. The summed E-state index contributed by atoms with van der Waals surface area (Å²) in [6.45, 7) is 3.58. The van der Waals surface area contributed by atoms with E-state index in [9.17, 15) is 4.79 Å². The fourth-order valence-electron chi connectivity index (χ4n) is 3.11. The van der Waals surface area contributed by atoms with Gasteiger partial charge in [-0.1, -0.05) is 12.1 Å². The second kappa shape index (κ2) is 6.44. The topological polar surface area (TPSA) is 47.4 Å². The Hall–Kier alpha value is -2.30. The van der Waals surface area contributed by atoms with Gasteiger partial charge in [-0.3, -0.25) is 9.48 Å². The fraction of sp³-hybridized carbons (Fsp3) is 0.444. The van der Waals surface area contributed by atoms with E-state index in [0.29, 0.717) is 11.6 Å². The summed E-state index contributed by atoms with van der Waals surface area (Å²) in [6, 6.07) is 10.0. The van der Waals surface area contributed by atoms with Crippen molar-refractivity contribution in [3.8, 4) is 5.75 Å². The van der Waals surface area contributed by atoms with Gasteiger partial charge < -0.3 is 9.64 Å². The van der Waals surface area contributed by atoms with Crippen molar-refractivity contribution in [3.63, 3.8) is 0 Å². The molecule has 0 N–H and O–H groups in total. The number of rotatable bonds is 4. The molecule has 2 heterocycles. The molecule has 122 valence electrons. The molecule has 1 unspecified atom stereocenters. The van der Waals surface area contributed by atoms with Crippen LogP contribution in [0, 0.1) is 12.8 Å². The van der Waals surface area contributed by atoms with Gasteiger partial charge in [-0.05, 0) is 49.4 Å². The van der Waals surface area contributed by atoms with Gasteiger partial charge in [-0.25, -0.2) is 0 Å². The molecule has 1 fully saturated rings. The lowest BCUT2D eigenvalue weighted by atomic mass is 9.99. The summed E-state index contributed by atoms with van der Waals surface area (Å²) >= 11 is 0. The van der Waals surface area contributed by atoms with Crippen molar-refractivity contribution in [1.29, 1.82) is 0 Å². The highest BCUT2D eigenvalue weighted by Gasteiger charge is 2.28. The summed E-state index contributed by atoms with van der Waals surface area (Å²) in [6.07, 6.45) is 2.04. The molecule has 3 rings (SSSR count). The largest absolute Gasteiger partial charge is 0.497 e. The monoisotopic (exact) mass is 313 g/mol. The third-order valence-corrected chi connectivity index (χ3v) is 4.59. The summed E-state index contributed by atoms with van der Waals surface area (Å²) < 4.78 is 6.93. The number of nitrogens with zero attached hydrogens (tertiary/aromatic N) is 3. The molecule has 0 radical (unpaired) electrons. The molecule has 5 heteroatoms. The van der Waals surface area contributed by atoms with Gasteiger partial charge in [0.15, 0.2) is 5.69 Å². The fourth-order valence-corrected chi connectivity index (χ4v) is 3.11. The maximum absolute atomic E-state index is 12.5. The number of hydrogen-bond donors (Lipinski definition) is 0. The van der Waals surface area contributed by atoms with Gasteiger partial charge in [-0.15, -0.1) is 0 Å². The van der Waals surface area contributed by atoms with Crippen LogP contribution in [0.5, 0.6) is 5.75 Å². The molecule has 0 aliphatic carbocycles. The summed E-state index contributed by atoms with van der Waals surface area (Å²) in [5.41, 5.74) is 2.84. The first kappa shape index (κ1) is 15.6. The number of hydrogen-bond acceptors (Lipinski definition) is 3. The number of carbonyl (C=O) groups excluding carboxylic acids is 1. The molecule has 1 atom stereocenters. The smallest absolute Gasteiger partial charge is 0.274 e. The maximum atomic E-state index is 12.5. The van der Waals surface area contributed by atoms with Crippen molar-refractivity contribution in [2.45, 2.75) is 19.8 Å². The lowest BCUT2D eigenvalue weighted by Gasteiger charge is -2.15. The maximum Gasteiger partial charge on any atom is 0.274 e. The Balaban J connectivity index is 1.60. The highest BCUT2D eigenvalue weighted by Crippen LogP contribution is 2.23. The minimum atomic E-state index is 0.0472. The average Bonchev–Trinajstić information content (AvgIpc) is 3.15. The van der Waals surface area contributed by atoms with Crippen molar-refractivity contribution >= 4 is 5.91 Å². The van der Waals surface area contributed by atoms with Crippen LogP contribution < -0.4 is 4.74 Å². The molecule has 1 aromatic heterocycles. The van der Waals surface area contributed by atoms with Crippen LogP contribution in [-0.4, -0.2) is 40.8 Å². The zero-order valence-corrected chi connectivity index (χ0v) is 14.0. The number of aryl methyl sites for hydroxylation is 2. The Labute approximate surface area is 136 Å². The van der Waals surface area contributed by atoms with E-state index in [-0.39, 0.29) is 5.91 Å². The van der Waals surface area contributed by atoms with Crippen molar-refractivity contribution in [3.05, 3.63) is 47.3 Å². The average molecular weight is 313 g/mol. The van der Waals surface area contributed by atoms with Gasteiger partial charge >= 0.3 is 0 Å². The van der Waals surface area contributed by atoms with Crippen molar-refractivity contribution in [1.82, 2.24) is 14.7 Å². The zero-order valence-electron chi connectivity index (χ0n) is 14.0. The van der Waals surface area contributed by atoms with E-state index >= 15 is 0 Å². The van der Waals surface area contributed by atoms with E-state index in [1.807, 2.05) is 37.1 Å². The zero-order chi connectivity index (χ0) is 16.4. The first-order valence-electron chi connectivity index (χ1n) is 7.99. The predicted molar refractivity (Wildman–Crippen MR) is 88.7 cm³/mol. The molecule has 0 bridgehead atoms. The van der Waals surface area contributed by atoms with Crippen LogP contribution in [0.2, 0.25) is 0 Å². The summed E-state index contributed by atoms with van der Waals surface area (Å²) in [7, 11) is 3.54. The molecule has 1 amide bonds. The van der Waals surface area contributed by atoms with Gasteiger partial charge in [0.25, 0.3) is 5.91 Å². The molecule has 1 aliphatic heterocycles. The van der Waals surface area contributed by atoms with Crippen molar-refractivity contribution in [2.75, 3.05) is 20.2 Å². The molecular formula is C18H23N3O2. The second-order valence-electron chi connectivity index (χ2n) is 6.25. The molecule has 23 heavy (non-hydrogen) atoms. The van der Waals surface area contributed by atoms with E-state index in [4.69, 9.17) is 4.74 Å². The van der Waals surface area contributed by atoms with Gasteiger partial charge in [0, 0.05) is 25.8 Å². The number of methoxy groups -OCH3 is 1. The first-order chi connectivity index (χ1) is 11.1. The molecular weight excluding hydrogens is 290 g/mol. The number of likely N-dealkylation sites (tertiary alicyclic amines) is 1. The molecule has 2 aromatic rings. The Kier molecular flexibility index (Phi) is 4.37. The van der Waals surface area contributed by atoms with E-state index in [0.717, 1.165) is 37.4 Å². The van der Waals surface area contributed by atoms with Crippen molar-refractivity contribution < 1.29 is 9.53 Å². The van der Waals surface area contributed by atoms with Crippen LogP contribution in [0.25, 0.3) is 0 Å². The van der Waals surface area contributed by atoms with E-state index < -0.39 is 0 Å². The number of benzene rings is 1. The van der Waals surface area contributed by atoms with Gasteiger partial charge in [0.05, 0.1) is 7.11 Å². The SMILES string of the molecule is COc1ccc(CC2CCN(C(=O)c3cc(C)n(C)n3)C2)cc1. The molecule has 1 aliphatic rings. The standard InChI is InChI=1S/C18H23N3O2/c1-13-10-17(19-20(13)2)18(22)21-9-8-15(12-21)11-14-4-6-16(23-3)7-5-14/h4-7,10,15H,8-9,11-12H2,1-3H3. The van der Waals surface area contributed by atoms with Gasteiger partial charge in [-0.2, -0.15) is 5.10 Å². The third-order valence-electron chi connectivity index (χ3n) is 4.59. The first-order valence-corrected chi connectivity index (χ1v) is 7.99. The van der Waals surface area contributed by atoms with E-state index in [1.54, 1.807) is 11.8 Å². The summed E-state index contributed by atoms with van der Waals surface area (Å²) in [5, 5.41) is 4.29.